The van der Waals surface area contributed by atoms with Crippen LogP contribution in [0.5, 0.6) is 0 Å². The molecule has 0 unspecified atom stereocenters. The van der Waals surface area contributed by atoms with Gasteiger partial charge in [0.1, 0.15) is 0 Å². The molecule has 27 heavy (non-hydrogen) atoms. The average Bonchev–Trinajstić information content (AvgIpc) is 2.69. The summed E-state index contributed by atoms with van der Waals surface area (Å²) in [6.45, 7) is 4.43. The van der Waals surface area contributed by atoms with E-state index < -0.39 is 0 Å². The van der Waals surface area contributed by atoms with Crippen molar-refractivity contribution in [2.24, 2.45) is 0 Å². The van der Waals surface area contributed by atoms with Crippen LogP contribution in [0, 0.1) is 0 Å². The van der Waals surface area contributed by atoms with Crippen molar-refractivity contribution in [1.82, 2.24) is 4.90 Å². The number of benzene rings is 2. The predicted molar refractivity (Wildman–Crippen MR) is 113 cm³/mol. The first-order valence-electron chi connectivity index (χ1n) is 9.19. The highest BCUT2D eigenvalue weighted by molar-refractivity contribution is 7.98. The summed E-state index contributed by atoms with van der Waals surface area (Å²) in [4.78, 5) is 18.0. The molecule has 1 heterocycles. The number of ether oxygens (including phenoxy) is 1. The van der Waals surface area contributed by atoms with Gasteiger partial charge in [-0.2, -0.15) is 0 Å². The quantitative estimate of drug-likeness (QED) is 0.741. The molecule has 3 rings (SSSR count). The molecular formula is C21H27N3O2S. The van der Waals surface area contributed by atoms with Crippen molar-refractivity contribution in [2.75, 3.05) is 56.4 Å². The minimum atomic E-state index is -0.000364. The van der Waals surface area contributed by atoms with Gasteiger partial charge in [-0.1, -0.05) is 24.3 Å². The van der Waals surface area contributed by atoms with Crippen LogP contribution in [0.25, 0.3) is 0 Å². The summed E-state index contributed by atoms with van der Waals surface area (Å²) < 4.78 is 5.46. The maximum Gasteiger partial charge on any atom is 0.238 e. The lowest BCUT2D eigenvalue weighted by atomic mass is 10.1. The molecule has 1 amide bonds. The minimum absolute atomic E-state index is 0.000364. The number of anilines is 2. The molecule has 0 radical (unpaired) electrons. The number of carbonyl (C=O) groups excluding carboxylic acids is 1. The number of nitrogens with zero attached hydrogens (tertiary/aromatic N) is 2. The third kappa shape index (κ3) is 5.73. The Morgan fingerprint density at radius 2 is 1.96 bits per heavy atom. The number of rotatable bonds is 7. The second-order valence-electron chi connectivity index (χ2n) is 6.68. The van der Waals surface area contributed by atoms with Crippen LogP contribution in [0.2, 0.25) is 0 Å². The molecule has 0 atom stereocenters. The highest BCUT2D eigenvalue weighted by atomic mass is 32.2. The van der Waals surface area contributed by atoms with Crippen molar-refractivity contribution in [3.8, 4) is 0 Å². The summed E-state index contributed by atoms with van der Waals surface area (Å²) in [5.41, 5.74) is 3.31. The fourth-order valence-electron chi connectivity index (χ4n) is 3.25. The molecule has 6 heteroatoms. The van der Waals surface area contributed by atoms with E-state index >= 15 is 0 Å². The van der Waals surface area contributed by atoms with Crippen molar-refractivity contribution in [3.63, 3.8) is 0 Å². The van der Waals surface area contributed by atoms with E-state index in [2.05, 4.69) is 34.5 Å². The highest BCUT2D eigenvalue weighted by Gasteiger charge is 2.16. The number of hydrogen-bond acceptors (Lipinski definition) is 5. The van der Waals surface area contributed by atoms with Crippen LogP contribution >= 0.6 is 11.8 Å². The van der Waals surface area contributed by atoms with Crippen molar-refractivity contribution in [3.05, 3.63) is 54.1 Å². The van der Waals surface area contributed by atoms with E-state index in [4.69, 9.17) is 4.74 Å². The summed E-state index contributed by atoms with van der Waals surface area (Å²) in [5, 5.41) is 2.99. The Labute approximate surface area is 165 Å². The lowest BCUT2D eigenvalue weighted by molar-refractivity contribution is -0.117. The maximum atomic E-state index is 12.4. The lowest BCUT2D eigenvalue weighted by Gasteiger charge is -2.31. The van der Waals surface area contributed by atoms with Gasteiger partial charge >= 0.3 is 0 Å². The molecule has 0 bridgehead atoms. The van der Waals surface area contributed by atoms with Crippen LogP contribution in [0.3, 0.4) is 0 Å². The van der Waals surface area contributed by atoms with Crippen LogP contribution < -0.4 is 10.2 Å². The lowest BCUT2D eigenvalue weighted by Crippen LogP contribution is -2.37. The average molecular weight is 386 g/mol. The Morgan fingerprint density at radius 3 is 2.74 bits per heavy atom. The zero-order valence-corrected chi connectivity index (χ0v) is 16.8. The molecule has 1 aliphatic rings. The van der Waals surface area contributed by atoms with Gasteiger partial charge in [0.15, 0.2) is 0 Å². The van der Waals surface area contributed by atoms with Crippen LogP contribution in [0.15, 0.2) is 53.4 Å². The van der Waals surface area contributed by atoms with Gasteiger partial charge in [-0.25, -0.2) is 0 Å². The molecule has 5 nitrogen and oxygen atoms in total. The molecule has 2 aromatic rings. The number of morpholine rings is 1. The molecule has 0 saturated carbocycles. The first-order valence-corrected chi connectivity index (χ1v) is 10.4. The third-order valence-corrected chi connectivity index (χ3v) is 5.28. The first kappa shape index (κ1) is 19.7. The third-order valence-electron chi connectivity index (χ3n) is 4.55. The van der Waals surface area contributed by atoms with E-state index in [1.165, 1.54) is 11.3 Å². The van der Waals surface area contributed by atoms with Gasteiger partial charge in [0, 0.05) is 35.9 Å². The summed E-state index contributed by atoms with van der Waals surface area (Å²) in [6, 6.07) is 16.3. The number of thioether (sulfide) groups is 1. The number of para-hydroxylation sites is 1. The minimum Gasteiger partial charge on any atom is -0.378 e. The number of nitrogens with one attached hydrogen (secondary N) is 1. The topological polar surface area (TPSA) is 44.8 Å². The van der Waals surface area contributed by atoms with Gasteiger partial charge in [-0.15, -0.1) is 11.8 Å². The summed E-state index contributed by atoms with van der Waals surface area (Å²) in [7, 11) is 1.98. The fraction of sp³-hybridized carbons (Fsp3) is 0.381. The summed E-state index contributed by atoms with van der Waals surface area (Å²) in [6.07, 6.45) is 2.03. The maximum absolute atomic E-state index is 12.4. The molecule has 1 fully saturated rings. The molecule has 1 N–H and O–H groups in total. The summed E-state index contributed by atoms with van der Waals surface area (Å²) in [5.74, 6) is -0.000364. The van der Waals surface area contributed by atoms with Crippen LogP contribution in [-0.4, -0.2) is 57.0 Å². The SMILES string of the molecule is CSc1cccc(NC(=O)CN(C)Cc2ccccc2N2CCOCC2)c1. The Kier molecular flexibility index (Phi) is 7.15. The first-order chi connectivity index (χ1) is 13.2. The normalized spacial score (nSPS) is 14.4. The second-order valence-corrected chi connectivity index (χ2v) is 7.56. The van der Waals surface area contributed by atoms with Crippen LogP contribution in [0.4, 0.5) is 11.4 Å². The molecule has 0 aromatic heterocycles. The van der Waals surface area contributed by atoms with Gasteiger partial charge < -0.3 is 15.0 Å². The van der Waals surface area contributed by atoms with E-state index in [9.17, 15) is 4.79 Å². The number of amides is 1. The Morgan fingerprint density at radius 1 is 1.19 bits per heavy atom. The van der Waals surface area contributed by atoms with Crippen LogP contribution in [0.1, 0.15) is 5.56 Å². The standard InChI is InChI=1S/C21H27N3O2S/c1-23(16-21(25)22-18-7-5-8-19(14-18)27-2)15-17-6-3-4-9-20(17)24-10-12-26-13-11-24/h3-9,14H,10-13,15-16H2,1-2H3,(H,22,25). The van der Waals surface area contributed by atoms with Crippen molar-refractivity contribution in [1.29, 1.82) is 0 Å². The van der Waals surface area contributed by atoms with Gasteiger partial charge in [0.05, 0.1) is 19.8 Å². The molecule has 2 aromatic carbocycles. The molecule has 0 aliphatic carbocycles. The largest absolute Gasteiger partial charge is 0.378 e. The van der Waals surface area contributed by atoms with Crippen LogP contribution in [-0.2, 0) is 16.1 Å². The van der Waals surface area contributed by atoms with Gasteiger partial charge in [0.2, 0.25) is 5.91 Å². The van der Waals surface area contributed by atoms with E-state index in [-0.39, 0.29) is 5.91 Å². The fourth-order valence-corrected chi connectivity index (χ4v) is 3.71. The number of carbonyl (C=O) groups is 1. The molecule has 1 aliphatic heterocycles. The smallest absolute Gasteiger partial charge is 0.238 e. The Balaban J connectivity index is 1.58. The van der Waals surface area contributed by atoms with Gasteiger partial charge in [-0.05, 0) is 43.1 Å². The van der Waals surface area contributed by atoms with Crippen molar-refractivity contribution >= 4 is 29.0 Å². The monoisotopic (exact) mass is 385 g/mol. The Bertz CT molecular complexity index is 763. The molecule has 1 saturated heterocycles. The van der Waals surface area contributed by atoms with E-state index in [1.807, 2.05) is 42.5 Å². The number of hydrogen-bond donors (Lipinski definition) is 1. The van der Waals surface area contributed by atoms with Gasteiger partial charge in [0.25, 0.3) is 0 Å². The van der Waals surface area contributed by atoms with Crippen molar-refractivity contribution in [2.45, 2.75) is 11.4 Å². The van der Waals surface area contributed by atoms with E-state index in [0.717, 1.165) is 43.4 Å². The zero-order valence-electron chi connectivity index (χ0n) is 16.0. The van der Waals surface area contributed by atoms with Crippen molar-refractivity contribution < 1.29 is 9.53 Å². The Hall–Kier alpha value is -2.02. The van der Waals surface area contributed by atoms with Gasteiger partial charge in [-0.3, -0.25) is 9.69 Å². The zero-order chi connectivity index (χ0) is 19.1. The molecular weight excluding hydrogens is 358 g/mol. The summed E-state index contributed by atoms with van der Waals surface area (Å²) >= 11 is 1.67. The predicted octanol–water partition coefficient (Wildman–Crippen LogP) is 3.32. The highest BCUT2D eigenvalue weighted by Crippen LogP contribution is 2.23. The van der Waals surface area contributed by atoms with E-state index in [1.54, 1.807) is 11.8 Å². The molecule has 0 spiro atoms. The van der Waals surface area contributed by atoms with E-state index in [0.29, 0.717) is 6.54 Å². The number of likely N-dealkylation sites (N-methyl/N-ethyl adjacent to an activating group) is 1. The molecule has 144 valence electrons. The second kappa shape index (κ2) is 9.78.